The smallest absolute Gasteiger partial charge is 0.123 e. The molecule has 1 N–H and O–H groups in total. The monoisotopic (exact) mass is 225 g/mol. The molecule has 0 saturated carbocycles. The standard InChI is InChI=1S/C12H16FNS/c1-8-7-10(13)3-4-11(8)14-12-5-6-15-9(12)2/h3-4,7,9,12,14H,5-6H2,1-2H3. The van der Waals surface area contributed by atoms with Gasteiger partial charge >= 0.3 is 0 Å². The highest BCUT2D eigenvalue weighted by Crippen LogP contribution is 2.29. The predicted octanol–water partition coefficient (Wildman–Crippen LogP) is 3.44. The van der Waals surface area contributed by atoms with Crippen LogP contribution in [0.3, 0.4) is 0 Å². The SMILES string of the molecule is Cc1cc(F)ccc1NC1CCSC1C. The van der Waals surface area contributed by atoms with Gasteiger partial charge in [-0.25, -0.2) is 4.39 Å². The molecule has 0 aromatic heterocycles. The van der Waals surface area contributed by atoms with Gasteiger partial charge in [-0.1, -0.05) is 6.92 Å². The molecule has 0 bridgehead atoms. The van der Waals surface area contributed by atoms with Gasteiger partial charge in [0, 0.05) is 17.0 Å². The van der Waals surface area contributed by atoms with Crippen molar-refractivity contribution in [2.75, 3.05) is 11.1 Å². The van der Waals surface area contributed by atoms with E-state index in [4.69, 9.17) is 0 Å². The lowest BCUT2D eigenvalue weighted by molar-refractivity contribution is 0.626. The molecule has 3 heteroatoms. The zero-order valence-corrected chi connectivity index (χ0v) is 9.90. The minimum atomic E-state index is -0.160. The Balaban J connectivity index is 2.10. The van der Waals surface area contributed by atoms with E-state index < -0.39 is 0 Å². The molecule has 1 aliphatic rings. The highest BCUT2D eigenvalue weighted by Gasteiger charge is 2.23. The Bertz CT molecular complexity index is 353. The van der Waals surface area contributed by atoms with E-state index >= 15 is 0 Å². The van der Waals surface area contributed by atoms with Crippen LogP contribution in [0.25, 0.3) is 0 Å². The van der Waals surface area contributed by atoms with E-state index in [1.165, 1.54) is 18.2 Å². The minimum Gasteiger partial charge on any atom is -0.381 e. The van der Waals surface area contributed by atoms with Crippen molar-refractivity contribution in [3.8, 4) is 0 Å². The largest absolute Gasteiger partial charge is 0.381 e. The van der Waals surface area contributed by atoms with Crippen molar-refractivity contribution in [3.63, 3.8) is 0 Å². The maximum absolute atomic E-state index is 12.9. The van der Waals surface area contributed by atoms with E-state index in [1.54, 1.807) is 6.07 Å². The number of hydrogen-bond donors (Lipinski definition) is 1. The number of hydrogen-bond acceptors (Lipinski definition) is 2. The van der Waals surface area contributed by atoms with Crippen LogP contribution in [0.4, 0.5) is 10.1 Å². The van der Waals surface area contributed by atoms with Crippen LogP contribution in [0.5, 0.6) is 0 Å². The number of halogens is 1. The van der Waals surface area contributed by atoms with Crippen molar-refractivity contribution in [1.82, 2.24) is 0 Å². The molecule has 15 heavy (non-hydrogen) atoms. The summed E-state index contributed by atoms with van der Waals surface area (Å²) < 4.78 is 12.9. The first-order valence-electron chi connectivity index (χ1n) is 5.31. The molecular formula is C12H16FNS. The van der Waals surface area contributed by atoms with Gasteiger partial charge in [-0.15, -0.1) is 0 Å². The first kappa shape index (κ1) is 10.8. The van der Waals surface area contributed by atoms with Crippen molar-refractivity contribution >= 4 is 17.4 Å². The molecule has 2 atom stereocenters. The van der Waals surface area contributed by atoms with Crippen molar-refractivity contribution in [2.24, 2.45) is 0 Å². The maximum Gasteiger partial charge on any atom is 0.123 e. The Morgan fingerprint density at radius 3 is 2.87 bits per heavy atom. The molecule has 1 aromatic carbocycles. The van der Waals surface area contributed by atoms with Gasteiger partial charge in [0.25, 0.3) is 0 Å². The van der Waals surface area contributed by atoms with Crippen LogP contribution in [0.1, 0.15) is 18.9 Å². The molecule has 1 heterocycles. The van der Waals surface area contributed by atoms with Gasteiger partial charge in [-0.2, -0.15) is 11.8 Å². The molecule has 2 rings (SSSR count). The van der Waals surface area contributed by atoms with E-state index in [9.17, 15) is 4.39 Å². The van der Waals surface area contributed by atoms with E-state index in [0.29, 0.717) is 11.3 Å². The topological polar surface area (TPSA) is 12.0 Å². The van der Waals surface area contributed by atoms with Crippen LogP contribution in [-0.4, -0.2) is 17.0 Å². The average Bonchev–Trinajstić information content (AvgIpc) is 2.57. The van der Waals surface area contributed by atoms with E-state index in [-0.39, 0.29) is 5.82 Å². The number of anilines is 1. The van der Waals surface area contributed by atoms with Crippen LogP contribution in [0.2, 0.25) is 0 Å². The molecule has 1 aliphatic heterocycles. The highest BCUT2D eigenvalue weighted by molar-refractivity contribution is 8.00. The first-order chi connectivity index (χ1) is 7.16. The summed E-state index contributed by atoms with van der Waals surface area (Å²) in [5.74, 6) is 1.06. The Morgan fingerprint density at radius 1 is 1.47 bits per heavy atom. The summed E-state index contributed by atoms with van der Waals surface area (Å²) in [5.41, 5.74) is 2.05. The molecule has 1 aromatic rings. The van der Waals surface area contributed by atoms with Gasteiger partial charge in [0.05, 0.1) is 0 Å². The lowest BCUT2D eigenvalue weighted by Gasteiger charge is -2.19. The Morgan fingerprint density at radius 2 is 2.27 bits per heavy atom. The van der Waals surface area contributed by atoms with Gasteiger partial charge < -0.3 is 5.32 Å². The third kappa shape index (κ3) is 2.46. The van der Waals surface area contributed by atoms with Gasteiger partial charge in [0.1, 0.15) is 5.82 Å². The zero-order chi connectivity index (χ0) is 10.8. The fraction of sp³-hybridized carbons (Fsp3) is 0.500. The summed E-state index contributed by atoms with van der Waals surface area (Å²) in [6.45, 7) is 4.19. The molecule has 1 saturated heterocycles. The Hall–Kier alpha value is -0.700. The Kier molecular flexibility index (Phi) is 3.19. The van der Waals surface area contributed by atoms with Crippen molar-refractivity contribution in [3.05, 3.63) is 29.6 Å². The lowest BCUT2D eigenvalue weighted by atomic mass is 10.1. The molecule has 0 spiro atoms. The van der Waals surface area contributed by atoms with Crippen LogP contribution in [-0.2, 0) is 0 Å². The number of aryl methyl sites for hydroxylation is 1. The summed E-state index contributed by atoms with van der Waals surface area (Å²) in [5, 5.41) is 4.15. The number of benzene rings is 1. The van der Waals surface area contributed by atoms with Gasteiger partial charge in [0.15, 0.2) is 0 Å². The summed E-state index contributed by atoms with van der Waals surface area (Å²) in [7, 11) is 0. The minimum absolute atomic E-state index is 0.160. The summed E-state index contributed by atoms with van der Waals surface area (Å²) >= 11 is 2.00. The molecule has 82 valence electrons. The normalized spacial score (nSPS) is 25.5. The van der Waals surface area contributed by atoms with Crippen LogP contribution in [0, 0.1) is 12.7 Å². The second kappa shape index (κ2) is 4.44. The predicted molar refractivity (Wildman–Crippen MR) is 65.1 cm³/mol. The fourth-order valence-corrected chi connectivity index (χ4v) is 3.11. The summed E-state index contributed by atoms with van der Waals surface area (Å²) in [6, 6.07) is 5.46. The average molecular weight is 225 g/mol. The van der Waals surface area contributed by atoms with Crippen LogP contribution < -0.4 is 5.32 Å². The first-order valence-corrected chi connectivity index (χ1v) is 6.36. The zero-order valence-electron chi connectivity index (χ0n) is 9.09. The molecule has 0 aliphatic carbocycles. The molecular weight excluding hydrogens is 209 g/mol. The van der Waals surface area contributed by atoms with E-state index in [0.717, 1.165) is 11.3 Å². The second-order valence-corrected chi connectivity index (χ2v) is 5.56. The quantitative estimate of drug-likeness (QED) is 0.827. The third-order valence-corrected chi connectivity index (χ3v) is 4.23. The molecule has 0 radical (unpaired) electrons. The second-order valence-electron chi connectivity index (χ2n) is 4.07. The summed E-state index contributed by atoms with van der Waals surface area (Å²) in [4.78, 5) is 0. The fourth-order valence-electron chi connectivity index (χ4n) is 1.91. The number of nitrogens with one attached hydrogen (secondary N) is 1. The number of thioether (sulfide) groups is 1. The van der Waals surface area contributed by atoms with Gasteiger partial charge in [-0.3, -0.25) is 0 Å². The van der Waals surface area contributed by atoms with Gasteiger partial charge in [-0.05, 0) is 42.9 Å². The molecule has 1 fully saturated rings. The molecule has 0 amide bonds. The van der Waals surface area contributed by atoms with Crippen molar-refractivity contribution in [1.29, 1.82) is 0 Å². The third-order valence-electron chi connectivity index (χ3n) is 2.91. The van der Waals surface area contributed by atoms with E-state index in [1.807, 2.05) is 24.8 Å². The molecule has 2 unspecified atom stereocenters. The van der Waals surface area contributed by atoms with Gasteiger partial charge in [0.2, 0.25) is 0 Å². The molecule has 1 nitrogen and oxygen atoms in total. The van der Waals surface area contributed by atoms with Crippen molar-refractivity contribution in [2.45, 2.75) is 31.6 Å². The highest BCUT2D eigenvalue weighted by atomic mass is 32.2. The van der Waals surface area contributed by atoms with Crippen LogP contribution >= 0.6 is 11.8 Å². The Labute approximate surface area is 94.5 Å². The summed E-state index contributed by atoms with van der Waals surface area (Å²) in [6.07, 6.45) is 1.20. The van der Waals surface area contributed by atoms with Crippen LogP contribution in [0.15, 0.2) is 18.2 Å². The maximum atomic E-state index is 12.9. The lowest BCUT2D eigenvalue weighted by Crippen LogP contribution is -2.25. The van der Waals surface area contributed by atoms with E-state index in [2.05, 4.69) is 12.2 Å². The van der Waals surface area contributed by atoms with Crippen molar-refractivity contribution < 1.29 is 4.39 Å². The number of rotatable bonds is 2.